The standard InChI is InChI=1S/C16H16ClF2NO/c1-20-16(7-10-4-3-5-11(6-10)21-2)12-8-15(19)13(17)9-14(12)18/h3-6,8-9,16,20H,7H2,1-2H3. The first-order valence-electron chi connectivity index (χ1n) is 6.49. The van der Waals surface area contributed by atoms with E-state index in [1.165, 1.54) is 0 Å². The molecule has 2 aromatic rings. The van der Waals surface area contributed by atoms with Crippen molar-refractivity contribution in [1.82, 2.24) is 5.32 Å². The van der Waals surface area contributed by atoms with Gasteiger partial charge in [0.25, 0.3) is 0 Å². The van der Waals surface area contributed by atoms with Gasteiger partial charge in [-0.15, -0.1) is 0 Å². The van der Waals surface area contributed by atoms with Crippen LogP contribution in [0.15, 0.2) is 36.4 Å². The van der Waals surface area contributed by atoms with E-state index in [9.17, 15) is 8.78 Å². The molecule has 2 rings (SSSR count). The number of halogens is 3. The highest BCUT2D eigenvalue weighted by Crippen LogP contribution is 2.27. The molecule has 0 aromatic heterocycles. The average molecular weight is 312 g/mol. The topological polar surface area (TPSA) is 21.3 Å². The van der Waals surface area contributed by atoms with E-state index in [-0.39, 0.29) is 16.6 Å². The lowest BCUT2D eigenvalue weighted by atomic mass is 9.98. The van der Waals surface area contributed by atoms with Crippen LogP contribution in [0.3, 0.4) is 0 Å². The summed E-state index contributed by atoms with van der Waals surface area (Å²) >= 11 is 5.58. The molecule has 0 fully saturated rings. The molecule has 0 radical (unpaired) electrons. The Morgan fingerprint density at radius 3 is 2.62 bits per heavy atom. The van der Waals surface area contributed by atoms with Crippen molar-refractivity contribution in [3.8, 4) is 5.75 Å². The van der Waals surface area contributed by atoms with E-state index >= 15 is 0 Å². The second-order valence-electron chi connectivity index (χ2n) is 4.68. The summed E-state index contributed by atoms with van der Waals surface area (Å²) in [7, 11) is 3.29. The van der Waals surface area contributed by atoms with Gasteiger partial charge in [-0.3, -0.25) is 0 Å². The smallest absolute Gasteiger partial charge is 0.142 e. The van der Waals surface area contributed by atoms with Gasteiger partial charge in [-0.2, -0.15) is 0 Å². The number of likely N-dealkylation sites (N-methyl/N-ethyl adjacent to an activating group) is 1. The quantitative estimate of drug-likeness (QED) is 0.838. The van der Waals surface area contributed by atoms with Crippen molar-refractivity contribution in [2.75, 3.05) is 14.2 Å². The Labute approximate surface area is 127 Å². The van der Waals surface area contributed by atoms with E-state index < -0.39 is 11.6 Å². The van der Waals surface area contributed by atoms with Crippen molar-refractivity contribution in [2.45, 2.75) is 12.5 Å². The maximum atomic E-state index is 14.0. The van der Waals surface area contributed by atoms with E-state index in [1.54, 1.807) is 14.2 Å². The Balaban J connectivity index is 2.29. The van der Waals surface area contributed by atoms with Crippen LogP contribution in [0, 0.1) is 11.6 Å². The van der Waals surface area contributed by atoms with Crippen LogP contribution < -0.4 is 10.1 Å². The minimum Gasteiger partial charge on any atom is -0.497 e. The Hall–Kier alpha value is -1.65. The molecule has 1 N–H and O–H groups in total. The average Bonchev–Trinajstić information content (AvgIpc) is 2.49. The zero-order valence-corrected chi connectivity index (χ0v) is 12.5. The van der Waals surface area contributed by atoms with Crippen LogP contribution in [0.4, 0.5) is 8.78 Å². The fourth-order valence-corrected chi connectivity index (χ4v) is 2.36. The second kappa shape index (κ2) is 6.87. The molecule has 0 aliphatic carbocycles. The molecule has 0 spiro atoms. The van der Waals surface area contributed by atoms with Gasteiger partial charge in [0.2, 0.25) is 0 Å². The number of hydrogen-bond acceptors (Lipinski definition) is 2. The molecule has 1 atom stereocenters. The summed E-state index contributed by atoms with van der Waals surface area (Å²) in [6, 6.07) is 9.26. The lowest BCUT2D eigenvalue weighted by molar-refractivity contribution is 0.414. The highest BCUT2D eigenvalue weighted by molar-refractivity contribution is 6.30. The van der Waals surface area contributed by atoms with Gasteiger partial charge in [0, 0.05) is 11.6 Å². The lowest BCUT2D eigenvalue weighted by Gasteiger charge is -2.18. The number of ether oxygens (including phenoxy) is 1. The van der Waals surface area contributed by atoms with E-state index in [0.717, 1.165) is 23.4 Å². The van der Waals surface area contributed by atoms with Gasteiger partial charge in [0.05, 0.1) is 12.1 Å². The molecule has 0 amide bonds. The minimum atomic E-state index is -0.626. The SMILES string of the molecule is CNC(Cc1cccc(OC)c1)c1cc(F)c(Cl)cc1F. The molecule has 0 bridgehead atoms. The second-order valence-corrected chi connectivity index (χ2v) is 5.09. The molecule has 0 aliphatic heterocycles. The molecule has 2 nitrogen and oxygen atoms in total. The summed E-state index contributed by atoms with van der Waals surface area (Å²) in [4.78, 5) is 0. The van der Waals surface area contributed by atoms with Crippen molar-refractivity contribution in [3.63, 3.8) is 0 Å². The van der Waals surface area contributed by atoms with Gasteiger partial charge in [0.1, 0.15) is 17.4 Å². The van der Waals surface area contributed by atoms with Gasteiger partial charge in [-0.25, -0.2) is 8.78 Å². The summed E-state index contributed by atoms with van der Waals surface area (Å²) in [5.41, 5.74) is 1.21. The predicted molar refractivity (Wildman–Crippen MR) is 79.9 cm³/mol. The van der Waals surface area contributed by atoms with Crippen LogP contribution in [0.5, 0.6) is 5.75 Å². The van der Waals surface area contributed by atoms with Gasteiger partial charge in [-0.05, 0) is 43.3 Å². The van der Waals surface area contributed by atoms with Crippen molar-refractivity contribution in [2.24, 2.45) is 0 Å². The molecule has 0 heterocycles. The number of hydrogen-bond donors (Lipinski definition) is 1. The Bertz CT molecular complexity index is 634. The van der Waals surface area contributed by atoms with Crippen molar-refractivity contribution in [3.05, 3.63) is 64.2 Å². The molecule has 0 aliphatic rings. The van der Waals surface area contributed by atoms with Crippen LogP contribution in [0.1, 0.15) is 17.2 Å². The summed E-state index contributed by atoms with van der Waals surface area (Å²) in [5.74, 6) is -0.423. The van der Waals surface area contributed by atoms with Crippen LogP contribution in [0.25, 0.3) is 0 Å². The third-order valence-corrected chi connectivity index (χ3v) is 3.63. The molecule has 2 aromatic carbocycles. The van der Waals surface area contributed by atoms with Crippen LogP contribution in [0.2, 0.25) is 5.02 Å². The van der Waals surface area contributed by atoms with Crippen molar-refractivity contribution >= 4 is 11.6 Å². The van der Waals surface area contributed by atoms with Crippen LogP contribution >= 0.6 is 11.6 Å². The summed E-state index contributed by atoms with van der Waals surface area (Å²) in [5, 5.41) is 2.79. The highest BCUT2D eigenvalue weighted by atomic mass is 35.5. The first-order chi connectivity index (χ1) is 10.0. The third-order valence-electron chi connectivity index (χ3n) is 3.34. The van der Waals surface area contributed by atoms with E-state index in [1.807, 2.05) is 24.3 Å². The van der Waals surface area contributed by atoms with Gasteiger partial charge in [-0.1, -0.05) is 23.7 Å². The van der Waals surface area contributed by atoms with Gasteiger partial charge >= 0.3 is 0 Å². The first-order valence-corrected chi connectivity index (χ1v) is 6.87. The van der Waals surface area contributed by atoms with E-state index in [0.29, 0.717) is 6.42 Å². The Morgan fingerprint density at radius 2 is 1.95 bits per heavy atom. The number of rotatable bonds is 5. The Morgan fingerprint density at radius 1 is 1.19 bits per heavy atom. The molecule has 1 unspecified atom stereocenters. The molecule has 0 saturated carbocycles. The summed E-state index contributed by atoms with van der Waals surface area (Å²) < 4.78 is 32.7. The predicted octanol–water partition coefficient (Wildman–Crippen LogP) is 4.13. The van der Waals surface area contributed by atoms with E-state index in [4.69, 9.17) is 16.3 Å². The fourth-order valence-electron chi connectivity index (χ4n) is 2.21. The van der Waals surface area contributed by atoms with Gasteiger partial charge < -0.3 is 10.1 Å². The normalized spacial score (nSPS) is 12.2. The lowest BCUT2D eigenvalue weighted by Crippen LogP contribution is -2.20. The molecule has 112 valence electrons. The number of methoxy groups -OCH3 is 1. The molecule has 21 heavy (non-hydrogen) atoms. The minimum absolute atomic E-state index is 0.215. The largest absolute Gasteiger partial charge is 0.497 e. The molecular formula is C16H16ClF2NO. The highest BCUT2D eigenvalue weighted by Gasteiger charge is 2.17. The number of benzene rings is 2. The van der Waals surface area contributed by atoms with Crippen molar-refractivity contribution < 1.29 is 13.5 Å². The zero-order valence-electron chi connectivity index (χ0n) is 11.8. The van der Waals surface area contributed by atoms with Crippen LogP contribution in [-0.2, 0) is 6.42 Å². The van der Waals surface area contributed by atoms with Crippen LogP contribution in [-0.4, -0.2) is 14.2 Å². The first kappa shape index (κ1) is 15.7. The van der Waals surface area contributed by atoms with Crippen molar-refractivity contribution in [1.29, 1.82) is 0 Å². The van der Waals surface area contributed by atoms with Gasteiger partial charge in [0.15, 0.2) is 0 Å². The zero-order chi connectivity index (χ0) is 15.4. The maximum absolute atomic E-state index is 14.0. The monoisotopic (exact) mass is 311 g/mol. The number of nitrogens with one attached hydrogen (secondary N) is 1. The third kappa shape index (κ3) is 3.71. The van der Waals surface area contributed by atoms with E-state index in [2.05, 4.69) is 5.32 Å². The molecular weight excluding hydrogens is 296 g/mol. The molecule has 5 heteroatoms. The summed E-state index contributed by atoms with van der Waals surface area (Å²) in [6.07, 6.45) is 0.506. The molecule has 0 saturated heterocycles. The fraction of sp³-hybridized carbons (Fsp3) is 0.250. The maximum Gasteiger partial charge on any atom is 0.142 e. The Kier molecular flexibility index (Phi) is 5.15. The summed E-state index contributed by atoms with van der Waals surface area (Å²) in [6.45, 7) is 0.